The average molecular weight is 446 g/mol. The molecule has 0 radical (unpaired) electrons. The van der Waals surface area contributed by atoms with Crippen molar-refractivity contribution in [2.45, 2.75) is 40.2 Å². The summed E-state index contributed by atoms with van der Waals surface area (Å²) in [6.07, 6.45) is 1.05. The zero-order valence-corrected chi connectivity index (χ0v) is 17.7. The lowest BCUT2D eigenvalue weighted by Gasteiger charge is -2.19. The summed E-state index contributed by atoms with van der Waals surface area (Å²) in [5.41, 5.74) is 2.56. The number of carbonyl (C=O) groups is 1. The number of hydrogen-bond donors (Lipinski definition) is 3. The Morgan fingerprint density at radius 1 is 1.08 bits per heavy atom. The van der Waals surface area contributed by atoms with Crippen LogP contribution in [0.4, 0.5) is 0 Å². The second kappa shape index (κ2) is 12.1. The largest absolute Gasteiger partial charge is 0.355 e. The highest BCUT2D eigenvalue weighted by atomic mass is 127. The monoisotopic (exact) mass is 446 g/mol. The molecule has 0 aromatic heterocycles. The van der Waals surface area contributed by atoms with Gasteiger partial charge >= 0.3 is 0 Å². The summed E-state index contributed by atoms with van der Waals surface area (Å²) in [6, 6.07) is 8.77. The number of aliphatic imine (C=N–C) groups is 1. The SMILES string of the molecule is CCc1ccc(C(C)NC(=NC)NCCNC(=O)C(C)C)cc1.I. The number of carbonyl (C=O) groups excluding carboxylic acids is 1. The molecule has 0 aliphatic rings. The Labute approximate surface area is 163 Å². The Morgan fingerprint density at radius 3 is 2.17 bits per heavy atom. The molecule has 1 rings (SSSR count). The average Bonchev–Trinajstić information content (AvgIpc) is 2.57. The standard InChI is InChI=1S/C18H30N4O.HI/c1-6-15-7-9-16(10-8-15)14(4)22-18(19-5)21-12-11-20-17(23)13(2)3;/h7-10,13-14H,6,11-12H2,1-5H3,(H,20,23)(H2,19,21,22);1H. The molecule has 24 heavy (non-hydrogen) atoms. The lowest BCUT2D eigenvalue weighted by molar-refractivity contribution is -0.123. The van der Waals surface area contributed by atoms with E-state index in [1.807, 2.05) is 13.8 Å². The lowest BCUT2D eigenvalue weighted by Crippen LogP contribution is -2.42. The van der Waals surface area contributed by atoms with Gasteiger partial charge in [-0.15, -0.1) is 24.0 Å². The van der Waals surface area contributed by atoms with Gasteiger partial charge in [0, 0.05) is 26.1 Å². The number of guanidine groups is 1. The number of rotatable bonds is 7. The van der Waals surface area contributed by atoms with E-state index in [0.29, 0.717) is 13.1 Å². The Hall–Kier alpha value is -1.31. The summed E-state index contributed by atoms with van der Waals surface area (Å²) in [4.78, 5) is 15.7. The maximum atomic E-state index is 11.5. The van der Waals surface area contributed by atoms with Crippen LogP contribution in [0.1, 0.15) is 44.9 Å². The lowest BCUT2D eigenvalue weighted by atomic mass is 10.1. The highest BCUT2D eigenvalue weighted by Gasteiger charge is 2.08. The van der Waals surface area contributed by atoms with E-state index in [1.165, 1.54) is 11.1 Å². The molecule has 0 heterocycles. The number of nitrogens with one attached hydrogen (secondary N) is 3. The maximum Gasteiger partial charge on any atom is 0.222 e. The van der Waals surface area contributed by atoms with Gasteiger partial charge in [0.05, 0.1) is 6.04 Å². The summed E-state index contributed by atoms with van der Waals surface area (Å²) in [6.45, 7) is 9.25. The summed E-state index contributed by atoms with van der Waals surface area (Å²) in [5.74, 6) is 0.813. The third kappa shape index (κ3) is 7.99. The molecular weight excluding hydrogens is 415 g/mol. The second-order valence-corrected chi connectivity index (χ2v) is 5.91. The van der Waals surface area contributed by atoms with Crippen molar-refractivity contribution < 1.29 is 4.79 Å². The molecule has 0 aliphatic carbocycles. The number of benzene rings is 1. The van der Waals surface area contributed by atoms with Crippen LogP contribution in [0.25, 0.3) is 0 Å². The molecule has 1 aromatic carbocycles. The molecule has 0 saturated carbocycles. The molecule has 6 heteroatoms. The molecule has 1 aromatic rings. The van der Waals surface area contributed by atoms with Crippen LogP contribution in [-0.2, 0) is 11.2 Å². The molecule has 0 saturated heterocycles. The number of amides is 1. The van der Waals surface area contributed by atoms with Gasteiger partial charge in [-0.25, -0.2) is 0 Å². The minimum atomic E-state index is 0. The maximum absolute atomic E-state index is 11.5. The van der Waals surface area contributed by atoms with Gasteiger partial charge in [0.15, 0.2) is 5.96 Å². The van der Waals surface area contributed by atoms with Crippen molar-refractivity contribution in [3.8, 4) is 0 Å². The molecule has 1 atom stereocenters. The van der Waals surface area contributed by atoms with Gasteiger partial charge in [-0.1, -0.05) is 45.0 Å². The van der Waals surface area contributed by atoms with Gasteiger partial charge in [0.25, 0.3) is 0 Å². The minimum absolute atomic E-state index is 0. The third-order valence-corrected chi connectivity index (χ3v) is 3.71. The first-order chi connectivity index (χ1) is 11.0. The topological polar surface area (TPSA) is 65.5 Å². The van der Waals surface area contributed by atoms with Crippen LogP contribution in [0.2, 0.25) is 0 Å². The molecule has 0 fully saturated rings. The molecule has 136 valence electrons. The van der Waals surface area contributed by atoms with Gasteiger partial charge in [-0.05, 0) is 24.5 Å². The normalized spacial score (nSPS) is 12.3. The quantitative estimate of drug-likeness (QED) is 0.261. The van der Waals surface area contributed by atoms with Gasteiger partial charge in [-0.3, -0.25) is 9.79 Å². The highest BCUT2D eigenvalue weighted by Crippen LogP contribution is 2.13. The van der Waals surface area contributed by atoms with E-state index in [9.17, 15) is 4.79 Å². The van der Waals surface area contributed by atoms with Crippen molar-refractivity contribution in [2.24, 2.45) is 10.9 Å². The fourth-order valence-electron chi connectivity index (χ4n) is 2.10. The molecule has 0 aliphatic heterocycles. The van der Waals surface area contributed by atoms with E-state index in [-0.39, 0.29) is 41.8 Å². The van der Waals surface area contributed by atoms with Crippen molar-refractivity contribution in [3.63, 3.8) is 0 Å². The summed E-state index contributed by atoms with van der Waals surface area (Å²) in [5, 5.41) is 9.44. The van der Waals surface area contributed by atoms with Crippen LogP contribution >= 0.6 is 24.0 Å². The van der Waals surface area contributed by atoms with E-state index in [4.69, 9.17) is 0 Å². The van der Waals surface area contributed by atoms with Crippen LogP contribution in [0.15, 0.2) is 29.3 Å². The first-order valence-electron chi connectivity index (χ1n) is 8.31. The van der Waals surface area contributed by atoms with Gasteiger partial charge < -0.3 is 16.0 Å². The first kappa shape index (κ1) is 22.7. The number of nitrogens with zero attached hydrogens (tertiary/aromatic N) is 1. The summed E-state index contributed by atoms with van der Waals surface area (Å²) in [7, 11) is 1.74. The van der Waals surface area contributed by atoms with Crippen LogP contribution in [-0.4, -0.2) is 32.0 Å². The molecular formula is C18H31IN4O. The number of hydrogen-bond acceptors (Lipinski definition) is 2. The summed E-state index contributed by atoms with van der Waals surface area (Å²) < 4.78 is 0. The Kier molecular flexibility index (Phi) is 11.4. The highest BCUT2D eigenvalue weighted by molar-refractivity contribution is 14.0. The predicted molar refractivity (Wildman–Crippen MR) is 112 cm³/mol. The van der Waals surface area contributed by atoms with Crippen LogP contribution < -0.4 is 16.0 Å². The first-order valence-corrected chi connectivity index (χ1v) is 8.31. The van der Waals surface area contributed by atoms with E-state index in [1.54, 1.807) is 7.05 Å². The summed E-state index contributed by atoms with van der Waals surface area (Å²) >= 11 is 0. The van der Waals surface area contributed by atoms with Crippen molar-refractivity contribution in [3.05, 3.63) is 35.4 Å². The van der Waals surface area contributed by atoms with Crippen molar-refractivity contribution in [1.82, 2.24) is 16.0 Å². The van der Waals surface area contributed by atoms with E-state index in [2.05, 4.69) is 59.1 Å². The predicted octanol–water partition coefficient (Wildman–Crippen LogP) is 2.87. The van der Waals surface area contributed by atoms with Crippen molar-refractivity contribution in [2.75, 3.05) is 20.1 Å². The molecule has 0 bridgehead atoms. The smallest absolute Gasteiger partial charge is 0.222 e. The zero-order chi connectivity index (χ0) is 17.2. The zero-order valence-electron chi connectivity index (χ0n) is 15.3. The van der Waals surface area contributed by atoms with Crippen LogP contribution in [0, 0.1) is 5.92 Å². The fourth-order valence-corrected chi connectivity index (χ4v) is 2.10. The molecule has 3 N–H and O–H groups in total. The van der Waals surface area contributed by atoms with Gasteiger partial charge in [0.2, 0.25) is 5.91 Å². The molecule has 1 amide bonds. The Morgan fingerprint density at radius 2 is 1.67 bits per heavy atom. The van der Waals surface area contributed by atoms with Crippen molar-refractivity contribution in [1.29, 1.82) is 0 Å². The Balaban J connectivity index is 0.00000529. The third-order valence-electron chi connectivity index (χ3n) is 3.71. The van der Waals surface area contributed by atoms with E-state index < -0.39 is 0 Å². The van der Waals surface area contributed by atoms with Crippen LogP contribution in [0.5, 0.6) is 0 Å². The molecule has 5 nitrogen and oxygen atoms in total. The van der Waals surface area contributed by atoms with Crippen LogP contribution in [0.3, 0.4) is 0 Å². The fraction of sp³-hybridized carbons (Fsp3) is 0.556. The van der Waals surface area contributed by atoms with Gasteiger partial charge in [-0.2, -0.15) is 0 Å². The van der Waals surface area contributed by atoms with Gasteiger partial charge in [0.1, 0.15) is 0 Å². The minimum Gasteiger partial charge on any atom is -0.355 e. The number of halogens is 1. The van der Waals surface area contributed by atoms with E-state index >= 15 is 0 Å². The second-order valence-electron chi connectivity index (χ2n) is 5.91. The Bertz CT molecular complexity index is 514. The van der Waals surface area contributed by atoms with E-state index in [0.717, 1.165) is 12.4 Å². The van der Waals surface area contributed by atoms with Crippen molar-refractivity contribution >= 4 is 35.8 Å². The molecule has 1 unspecified atom stereocenters. The number of aryl methyl sites for hydroxylation is 1. The molecule has 0 spiro atoms.